The van der Waals surface area contributed by atoms with Crippen LogP contribution in [0.5, 0.6) is 11.5 Å². The van der Waals surface area contributed by atoms with Gasteiger partial charge < -0.3 is 20.3 Å². The van der Waals surface area contributed by atoms with Crippen LogP contribution in [-0.2, 0) is 11.2 Å². The van der Waals surface area contributed by atoms with E-state index in [0.717, 1.165) is 11.6 Å². The van der Waals surface area contributed by atoms with E-state index in [2.05, 4.69) is 5.32 Å². The monoisotopic (exact) mass is 251 g/mol. The number of hydrogen-bond acceptors (Lipinski definition) is 4. The highest BCUT2D eigenvalue weighted by atomic mass is 16.5. The number of carbonyl (C=O) groups is 1. The standard InChI is InChI=1S/C13H17NO4/c1-9(7-13(16)17)14-6-5-10-3-4-11(15)12(8-10)18-2/h3-4,7-8,14-15H,5-6H2,1-2H3,(H,16,17)/b9-7+. The second-order valence-corrected chi connectivity index (χ2v) is 3.85. The van der Waals surface area contributed by atoms with Gasteiger partial charge in [0, 0.05) is 18.3 Å². The normalized spacial score (nSPS) is 11.1. The quantitative estimate of drug-likeness (QED) is 0.668. The van der Waals surface area contributed by atoms with Gasteiger partial charge >= 0.3 is 5.97 Å². The molecule has 1 aromatic rings. The van der Waals surface area contributed by atoms with Crippen LogP contribution in [0.3, 0.4) is 0 Å². The Bertz CT molecular complexity index is 454. The first kappa shape index (κ1) is 13.9. The van der Waals surface area contributed by atoms with Crippen molar-refractivity contribution in [3.8, 4) is 11.5 Å². The van der Waals surface area contributed by atoms with Crippen LogP contribution in [0.4, 0.5) is 0 Å². The van der Waals surface area contributed by atoms with Gasteiger partial charge in [-0.05, 0) is 31.0 Å². The van der Waals surface area contributed by atoms with Crippen molar-refractivity contribution >= 4 is 5.97 Å². The average molecular weight is 251 g/mol. The average Bonchev–Trinajstić information content (AvgIpc) is 2.30. The molecule has 0 unspecified atom stereocenters. The number of carboxylic acid groups (broad SMARTS) is 1. The molecule has 0 aliphatic rings. The van der Waals surface area contributed by atoms with Gasteiger partial charge in [0.15, 0.2) is 11.5 Å². The molecular formula is C13H17NO4. The van der Waals surface area contributed by atoms with Gasteiger partial charge in [-0.2, -0.15) is 0 Å². The summed E-state index contributed by atoms with van der Waals surface area (Å²) in [6.45, 7) is 2.31. The van der Waals surface area contributed by atoms with Crippen LogP contribution in [0, 0.1) is 0 Å². The maximum absolute atomic E-state index is 10.4. The fourth-order valence-corrected chi connectivity index (χ4v) is 1.52. The molecule has 0 aliphatic carbocycles. The van der Waals surface area contributed by atoms with E-state index in [1.54, 1.807) is 25.1 Å². The largest absolute Gasteiger partial charge is 0.504 e. The van der Waals surface area contributed by atoms with Gasteiger partial charge in [0.05, 0.1) is 7.11 Å². The van der Waals surface area contributed by atoms with Crippen LogP contribution in [0.2, 0.25) is 0 Å². The van der Waals surface area contributed by atoms with Crippen LogP contribution >= 0.6 is 0 Å². The van der Waals surface area contributed by atoms with E-state index in [1.807, 2.05) is 0 Å². The van der Waals surface area contributed by atoms with E-state index in [-0.39, 0.29) is 5.75 Å². The van der Waals surface area contributed by atoms with Gasteiger partial charge in [-0.1, -0.05) is 6.07 Å². The lowest BCUT2D eigenvalue weighted by Crippen LogP contribution is -2.15. The molecule has 0 aliphatic heterocycles. The number of allylic oxidation sites excluding steroid dienone is 1. The minimum absolute atomic E-state index is 0.108. The first-order chi connectivity index (χ1) is 8.52. The highest BCUT2D eigenvalue weighted by Crippen LogP contribution is 2.26. The molecule has 0 saturated heterocycles. The zero-order chi connectivity index (χ0) is 13.5. The molecule has 5 nitrogen and oxygen atoms in total. The van der Waals surface area contributed by atoms with E-state index in [4.69, 9.17) is 9.84 Å². The van der Waals surface area contributed by atoms with Crippen LogP contribution in [-0.4, -0.2) is 29.8 Å². The SMILES string of the molecule is COc1cc(CCN/C(C)=C/C(=O)O)ccc1O. The zero-order valence-electron chi connectivity index (χ0n) is 10.4. The number of phenols is 1. The lowest BCUT2D eigenvalue weighted by atomic mass is 10.1. The summed E-state index contributed by atoms with van der Waals surface area (Å²) in [5.74, 6) is -0.423. The number of phenolic OH excluding ortho intramolecular Hbond substituents is 1. The summed E-state index contributed by atoms with van der Waals surface area (Å²) in [6, 6.07) is 5.14. The molecule has 3 N–H and O–H groups in total. The summed E-state index contributed by atoms with van der Waals surface area (Å²) < 4.78 is 5.01. The molecule has 0 bridgehead atoms. The van der Waals surface area contributed by atoms with E-state index >= 15 is 0 Å². The van der Waals surface area contributed by atoms with Crippen molar-refractivity contribution in [2.45, 2.75) is 13.3 Å². The van der Waals surface area contributed by atoms with Gasteiger partial charge in [-0.3, -0.25) is 0 Å². The number of nitrogens with one attached hydrogen (secondary N) is 1. The number of aromatic hydroxyl groups is 1. The van der Waals surface area contributed by atoms with Gasteiger partial charge in [0.1, 0.15) is 0 Å². The number of carboxylic acids is 1. The Balaban J connectivity index is 2.52. The number of ether oxygens (including phenoxy) is 1. The van der Waals surface area contributed by atoms with Gasteiger partial charge in [-0.25, -0.2) is 4.79 Å². The lowest BCUT2D eigenvalue weighted by Gasteiger charge is -2.08. The van der Waals surface area contributed by atoms with Crippen molar-refractivity contribution < 1.29 is 19.7 Å². The highest BCUT2D eigenvalue weighted by Gasteiger charge is 2.02. The highest BCUT2D eigenvalue weighted by molar-refractivity contribution is 5.80. The molecule has 18 heavy (non-hydrogen) atoms. The molecule has 0 atom stereocenters. The number of aliphatic carboxylic acids is 1. The summed E-state index contributed by atoms with van der Waals surface area (Å²) in [4.78, 5) is 10.4. The Labute approximate surface area is 106 Å². The van der Waals surface area contributed by atoms with Crippen molar-refractivity contribution in [1.82, 2.24) is 5.32 Å². The zero-order valence-corrected chi connectivity index (χ0v) is 10.4. The number of hydrogen-bond donors (Lipinski definition) is 3. The first-order valence-electron chi connectivity index (χ1n) is 5.54. The third-order valence-electron chi connectivity index (χ3n) is 2.40. The lowest BCUT2D eigenvalue weighted by molar-refractivity contribution is -0.131. The van der Waals surface area contributed by atoms with Crippen molar-refractivity contribution in [2.24, 2.45) is 0 Å². The van der Waals surface area contributed by atoms with Crippen molar-refractivity contribution in [3.05, 3.63) is 35.5 Å². The third kappa shape index (κ3) is 4.37. The number of rotatable bonds is 6. The Morgan fingerprint density at radius 3 is 2.83 bits per heavy atom. The maximum Gasteiger partial charge on any atom is 0.330 e. The molecule has 98 valence electrons. The fraction of sp³-hybridized carbons (Fsp3) is 0.308. The summed E-state index contributed by atoms with van der Waals surface area (Å²) >= 11 is 0. The predicted molar refractivity (Wildman–Crippen MR) is 67.8 cm³/mol. The van der Waals surface area contributed by atoms with Crippen LogP contribution in [0.1, 0.15) is 12.5 Å². The molecular weight excluding hydrogens is 234 g/mol. The molecule has 0 heterocycles. The van der Waals surface area contributed by atoms with E-state index in [0.29, 0.717) is 24.4 Å². The smallest absolute Gasteiger partial charge is 0.330 e. The molecule has 0 saturated carbocycles. The molecule has 0 radical (unpaired) electrons. The third-order valence-corrected chi connectivity index (χ3v) is 2.40. The van der Waals surface area contributed by atoms with E-state index < -0.39 is 5.97 Å². The maximum atomic E-state index is 10.4. The minimum Gasteiger partial charge on any atom is -0.504 e. The molecule has 1 aromatic carbocycles. The van der Waals surface area contributed by atoms with E-state index in [1.165, 1.54) is 7.11 Å². The first-order valence-corrected chi connectivity index (χ1v) is 5.54. The van der Waals surface area contributed by atoms with Crippen molar-refractivity contribution in [2.75, 3.05) is 13.7 Å². The summed E-state index contributed by atoms with van der Waals surface area (Å²) in [5, 5.41) is 21.0. The fourth-order valence-electron chi connectivity index (χ4n) is 1.52. The Morgan fingerprint density at radius 2 is 2.22 bits per heavy atom. The van der Waals surface area contributed by atoms with Crippen molar-refractivity contribution in [3.63, 3.8) is 0 Å². The molecule has 0 aromatic heterocycles. The molecule has 5 heteroatoms. The Hall–Kier alpha value is -2.17. The van der Waals surface area contributed by atoms with Gasteiger partial charge in [0.2, 0.25) is 0 Å². The molecule has 0 fully saturated rings. The summed E-state index contributed by atoms with van der Waals surface area (Å²) in [6.07, 6.45) is 1.83. The van der Waals surface area contributed by atoms with Crippen LogP contribution in [0.15, 0.2) is 30.0 Å². The van der Waals surface area contributed by atoms with E-state index in [9.17, 15) is 9.90 Å². The molecule has 1 rings (SSSR count). The topological polar surface area (TPSA) is 78.8 Å². The Kier molecular flexibility index (Phi) is 5.05. The Morgan fingerprint density at radius 1 is 1.50 bits per heavy atom. The van der Waals surface area contributed by atoms with Crippen LogP contribution < -0.4 is 10.1 Å². The second-order valence-electron chi connectivity index (χ2n) is 3.85. The van der Waals surface area contributed by atoms with Crippen molar-refractivity contribution in [1.29, 1.82) is 0 Å². The second kappa shape index (κ2) is 6.54. The predicted octanol–water partition coefficient (Wildman–Crippen LogP) is 1.52. The minimum atomic E-state index is -0.966. The summed E-state index contributed by atoms with van der Waals surface area (Å²) in [7, 11) is 1.50. The number of methoxy groups -OCH3 is 1. The van der Waals surface area contributed by atoms with Gasteiger partial charge in [0.25, 0.3) is 0 Å². The molecule has 0 amide bonds. The van der Waals surface area contributed by atoms with Gasteiger partial charge in [-0.15, -0.1) is 0 Å². The summed E-state index contributed by atoms with van der Waals surface area (Å²) in [5.41, 5.74) is 1.61. The van der Waals surface area contributed by atoms with Crippen LogP contribution in [0.25, 0.3) is 0 Å². The molecule has 0 spiro atoms. The number of benzene rings is 1.